The maximum atomic E-state index is 13.9. The molecule has 3 rings (SSSR count). The molecule has 0 radical (unpaired) electrons. The summed E-state index contributed by atoms with van der Waals surface area (Å²) in [5, 5.41) is 2.86. The smallest absolute Gasteiger partial charge is 0.287 e. The Morgan fingerprint density at radius 1 is 1.07 bits per heavy atom. The number of halogens is 1. The Hall–Kier alpha value is -3.28. The van der Waals surface area contributed by atoms with Gasteiger partial charge in [-0.05, 0) is 49.4 Å². The lowest BCUT2D eigenvalue weighted by molar-refractivity contribution is 0.0912. The number of hydrogen-bond donors (Lipinski definition) is 1. The summed E-state index contributed by atoms with van der Waals surface area (Å²) in [6.45, 7) is 1.83. The Bertz CT molecular complexity index is 951. The molecule has 1 amide bonds. The van der Waals surface area contributed by atoms with Crippen molar-refractivity contribution in [2.75, 3.05) is 14.2 Å². The Morgan fingerprint density at radius 3 is 2.56 bits per heavy atom. The van der Waals surface area contributed by atoms with E-state index in [1.165, 1.54) is 12.1 Å². The normalized spacial score (nSPS) is 11.7. The molecule has 6 heteroatoms. The zero-order valence-electron chi connectivity index (χ0n) is 15.3. The molecule has 0 fully saturated rings. The highest BCUT2D eigenvalue weighted by Gasteiger charge is 2.19. The van der Waals surface area contributed by atoms with Crippen LogP contribution in [0.15, 0.2) is 59.0 Å². The fourth-order valence-electron chi connectivity index (χ4n) is 2.79. The molecule has 1 aromatic heterocycles. The fourth-order valence-corrected chi connectivity index (χ4v) is 2.79. The molecule has 0 aliphatic heterocycles. The third kappa shape index (κ3) is 3.95. The molecular weight excluding hydrogens is 349 g/mol. The van der Waals surface area contributed by atoms with Gasteiger partial charge in [0.1, 0.15) is 23.1 Å². The van der Waals surface area contributed by atoms with E-state index in [0.29, 0.717) is 22.8 Å². The molecule has 0 spiro atoms. The van der Waals surface area contributed by atoms with Crippen LogP contribution in [0.5, 0.6) is 11.5 Å². The van der Waals surface area contributed by atoms with Gasteiger partial charge < -0.3 is 19.2 Å². The van der Waals surface area contributed by atoms with Crippen molar-refractivity contribution in [2.24, 2.45) is 0 Å². The largest absolute Gasteiger partial charge is 0.497 e. The van der Waals surface area contributed by atoms with Crippen LogP contribution in [0, 0.1) is 5.82 Å². The van der Waals surface area contributed by atoms with Crippen LogP contribution in [0.2, 0.25) is 0 Å². The van der Waals surface area contributed by atoms with Gasteiger partial charge in [-0.3, -0.25) is 4.79 Å². The number of hydrogen-bond acceptors (Lipinski definition) is 4. The van der Waals surface area contributed by atoms with Crippen molar-refractivity contribution in [2.45, 2.75) is 13.0 Å². The van der Waals surface area contributed by atoms with Crippen molar-refractivity contribution in [3.63, 3.8) is 0 Å². The van der Waals surface area contributed by atoms with E-state index in [0.717, 1.165) is 5.56 Å². The fraction of sp³-hybridized carbons (Fsp3) is 0.190. The predicted molar refractivity (Wildman–Crippen MR) is 99.5 cm³/mol. The standard InChI is InChI=1S/C21H20FNO4/c1-13(16-12-14(25-2)8-9-18(16)26-3)23-21(24)20-11-10-19(27-20)15-6-4-5-7-17(15)22/h4-13H,1-3H3,(H,23,24)/t13-/m0/s1. The molecule has 140 valence electrons. The van der Waals surface area contributed by atoms with Crippen molar-refractivity contribution >= 4 is 5.91 Å². The summed E-state index contributed by atoms with van der Waals surface area (Å²) < 4.78 is 30.0. The zero-order chi connectivity index (χ0) is 19.4. The highest BCUT2D eigenvalue weighted by atomic mass is 19.1. The van der Waals surface area contributed by atoms with E-state index in [-0.39, 0.29) is 11.8 Å². The van der Waals surface area contributed by atoms with Gasteiger partial charge in [0.05, 0.1) is 25.8 Å². The van der Waals surface area contributed by atoms with E-state index in [1.807, 2.05) is 6.92 Å². The minimum absolute atomic E-state index is 0.0990. The second-order valence-electron chi connectivity index (χ2n) is 5.95. The SMILES string of the molecule is COc1ccc(OC)c([C@H](C)NC(=O)c2ccc(-c3ccccc3F)o2)c1. The number of nitrogens with one attached hydrogen (secondary N) is 1. The molecule has 0 aliphatic rings. The maximum absolute atomic E-state index is 13.9. The summed E-state index contributed by atoms with van der Waals surface area (Å²) >= 11 is 0. The molecular formula is C21H20FNO4. The van der Waals surface area contributed by atoms with Crippen LogP contribution in [0.25, 0.3) is 11.3 Å². The van der Waals surface area contributed by atoms with E-state index < -0.39 is 11.7 Å². The molecule has 5 nitrogen and oxygen atoms in total. The van der Waals surface area contributed by atoms with E-state index in [2.05, 4.69) is 5.32 Å². The topological polar surface area (TPSA) is 60.7 Å². The second-order valence-corrected chi connectivity index (χ2v) is 5.95. The van der Waals surface area contributed by atoms with E-state index in [4.69, 9.17) is 13.9 Å². The van der Waals surface area contributed by atoms with Crippen molar-refractivity contribution in [1.29, 1.82) is 0 Å². The number of amides is 1. The van der Waals surface area contributed by atoms with Gasteiger partial charge in [-0.15, -0.1) is 0 Å². The Labute approximate surface area is 156 Å². The van der Waals surface area contributed by atoms with Crippen molar-refractivity contribution in [3.05, 3.63) is 71.7 Å². The van der Waals surface area contributed by atoms with E-state index in [1.54, 1.807) is 56.7 Å². The number of methoxy groups -OCH3 is 2. The number of benzene rings is 2. The molecule has 3 aromatic rings. The summed E-state index contributed by atoms with van der Waals surface area (Å²) in [6, 6.07) is 14.3. The van der Waals surface area contributed by atoms with Crippen LogP contribution in [0.4, 0.5) is 4.39 Å². The average molecular weight is 369 g/mol. The Kier molecular flexibility index (Phi) is 5.45. The second kappa shape index (κ2) is 7.95. The number of carbonyl (C=O) groups is 1. The van der Waals surface area contributed by atoms with Crippen molar-refractivity contribution in [1.82, 2.24) is 5.32 Å². The summed E-state index contributed by atoms with van der Waals surface area (Å²) in [4.78, 5) is 12.5. The van der Waals surface area contributed by atoms with Gasteiger partial charge in [0.2, 0.25) is 0 Å². The van der Waals surface area contributed by atoms with Crippen LogP contribution in [-0.2, 0) is 0 Å². The lowest BCUT2D eigenvalue weighted by Gasteiger charge is -2.17. The first-order valence-corrected chi connectivity index (χ1v) is 8.41. The van der Waals surface area contributed by atoms with E-state index >= 15 is 0 Å². The van der Waals surface area contributed by atoms with Crippen molar-refractivity contribution in [3.8, 4) is 22.8 Å². The number of carbonyl (C=O) groups excluding carboxylic acids is 1. The molecule has 0 unspecified atom stereocenters. The van der Waals surface area contributed by atoms with Crippen molar-refractivity contribution < 1.29 is 23.1 Å². The van der Waals surface area contributed by atoms with Crippen LogP contribution in [0.3, 0.4) is 0 Å². The minimum Gasteiger partial charge on any atom is -0.497 e. The summed E-state index contributed by atoms with van der Waals surface area (Å²) in [5.41, 5.74) is 1.07. The molecule has 0 bridgehead atoms. The first-order chi connectivity index (χ1) is 13.0. The van der Waals surface area contributed by atoms with Crippen LogP contribution in [-0.4, -0.2) is 20.1 Å². The molecule has 2 aromatic carbocycles. The molecule has 1 N–H and O–H groups in total. The summed E-state index contributed by atoms with van der Waals surface area (Å²) in [6.07, 6.45) is 0. The maximum Gasteiger partial charge on any atom is 0.287 e. The van der Waals surface area contributed by atoms with Gasteiger partial charge in [-0.2, -0.15) is 0 Å². The van der Waals surface area contributed by atoms with Crippen LogP contribution in [0.1, 0.15) is 29.1 Å². The number of rotatable bonds is 6. The number of furan rings is 1. The molecule has 27 heavy (non-hydrogen) atoms. The molecule has 1 heterocycles. The summed E-state index contributed by atoms with van der Waals surface area (Å²) in [7, 11) is 3.13. The first kappa shape index (κ1) is 18.5. The van der Waals surface area contributed by atoms with Gasteiger partial charge in [0, 0.05) is 5.56 Å². The van der Waals surface area contributed by atoms with Gasteiger partial charge in [-0.25, -0.2) is 4.39 Å². The minimum atomic E-state index is -0.409. The van der Waals surface area contributed by atoms with Crippen LogP contribution < -0.4 is 14.8 Å². The molecule has 0 saturated heterocycles. The first-order valence-electron chi connectivity index (χ1n) is 8.41. The van der Waals surface area contributed by atoms with Gasteiger partial charge in [0.15, 0.2) is 5.76 Å². The lowest BCUT2D eigenvalue weighted by Crippen LogP contribution is -2.26. The predicted octanol–water partition coefficient (Wildman–Crippen LogP) is 4.59. The van der Waals surface area contributed by atoms with Gasteiger partial charge in [0.25, 0.3) is 5.91 Å². The third-order valence-electron chi connectivity index (χ3n) is 4.22. The van der Waals surface area contributed by atoms with Gasteiger partial charge >= 0.3 is 0 Å². The average Bonchev–Trinajstić information content (AvgIpc) is 3.17. The third-order valence-corrected chi connectivity index (χ3v) is 4.22. The molecule has 0 aliphatic carbocycles. The molecule has 1 atom stereocenters. The lowest BCUT2D eigenvalue weighted by atomic mass is 10.1. The Morgan fingerprint density at radius 2 is 1.85 bits per heavy atom. The molecule has 0 saturated carbocycles. The van der Waals surface area contributed by atoms with Gasteiger partial charge in [-0.1, -0.05) is 12.1 Å². The van der Waals surface area contributed by atoms with E-state index in [9.17, 15) is 9.18 Å². The quantitative estimate of drug-likeness (QED) is 0.690. The highest BCUT2D eigenvalue weighted by molar-refractivity contribution is 5.92. The summed E-state index contributed by atoms with van der Waals surface area (Å²) in [5.74, 6) is 0.872. The number of ether oxygens (including phenoxy) is 2. The monoisotopic (exact) mass is 369 g/mol. The highest BCUT2D eigenvalue weighted by Crippen LogP contribution is 2.30. The van der Waals surface area contributed by atoms with Crippen LogP contribution >= 0.6 is 0 Å². The zero-order valence-corrected chi connectivity index (χ0v) is 15.3. The Balaban J connectivity index is 1.79.